The van der Waals surface area contributed by atoms with Gasteiger partial charge in [-0.05, 0) is 13.5 Å². The van der Waals surface area contributed by atoms with Crippen molar-refractivity contribution in [2.45, 2.75) is 6.42 Å². The zero-order chi connectivity index (χ0) is 11.3. The van der Waals surface area contributed by atoms with Gasteiger partial charge < -0.3 is 16.0 Å². The number of carbonyl (C=O) groups is 1. The molecule has 0 aromatic rings. The number of hydrogen-bond acceptors (Lipinski definition) is 4. The summed E-state index contributed by atoms with van der Waals surface area (Å²) in [5.41, 5.74) is 6.41. The Morgan fingerprint density at radius 2 is 2.47 bits per heavy atom. The van der Waals surface area contributed by atoms with Gasteiger partial charge in [-0.25, -0.2) is 0 Å². The second-order valence-corrected chi connectivity index (χ2v) is 3.84. The number of aliphatic imine (C=N–C) groups is 1. The Balaban J connectivity index is 2.70. The first kappa shape index (κ1) is 12.1. The summed E-state index contributed by atoms with van der Waals surface area (Å²) in [7, 11) is 3.69. The number of nitrogens with zero attached hydrogens (tertiary/aromatic N) is 2. The maximum Gasteiger partial charge on any atom is 0.229 e. The molecule has 1 amide bonds. The molecule has 15 heavy (non-hydrogen) atoms. The lowest BCUT2D eigenvalue weighted by atomic mass is 9.95. The van der Waals surface area contributed by atoms with Crippen molar-refractivity contribution in [3.63, 3.8) is 0 Å². The number of nitrogens with two attached hydrogens (primary N) is 1. The van der Waals surface area contributed by atoms with Crippen molar-refractivity contribution in [1.29, 1.82) is 0 Å². The molecule has 86 valence electrons. The molecule has 1 unspecified atom stereocenters. The third-order valence-corrected chi connectivity index (χ3v) is 2.65. The van der Waals surface area contributed by atoms with E-state index in [9.17, 15) is 4.79 Å². The van der Waals surface area contributed by atoms with Gasteiger partial charge in [0, 0.05) is 32.4 Å². The summed E-state index contributed by atoms with van der Waals surface area (Å²) < 4.78 is 0. The third-order valence-electron chi connectivity index (χ3n) is 2.65. The van der Waals surface area contributed by atoms with E-state index >= 15 is 0 Å². The molecular weight excluding hydrogens is 192 g/mol. The number of hydrogen-bond donors (Lipinski definition) is 2. The molecule has 0 bridgehead atoms. The van der Waals surface area contributed by atoms with Crippen LogP contribution in [0, 0.1) is 5.92 Å². The summed E-state index contributed by atoms with van der Waals surface area (Å²) in [4.78, 5) is 18.2. The smallest absolute Gasteiger partial charge is 0.229 e. The molecule has 3 N–H and O–H groups in total. The molecule has 1 aliphatic heterocycles. The van der Waals surface area contributed by atoms with Crippen molar-refractivity contribution in [3.05, 3.63) is 0 Å². The molecule has 1 saturated heterocycles. The highest BCUT2D eigenvalue weighted by atomic mass is 16.1. The standard InChI is InChI=1S/C10H20N4O/c1-12-10(15)8-7-14(2)6-3-9(8)13-5-4-11/h8H,3-7,11H2,1-2H3,(H,12,15). The number of carbonyl (C=O) groups excluding carboxylic acids is 1. The SMILES string of the molecule is CNC(=O)C1CN(C)CCC1=NCCN. The lowest BCUT2D eigenvalue weighted by Crippen LogP contribution is -2.46. The molecule has 1 fully saturated rings. The number of amides is 1. The Morgan fingerprint density at radius 3 is 3.07 bits per heavy atom. The summed E-state index contributed by atoms with van der Waals surface area (Å²) >= 11 is 0. The summed E-state index contributed by atoms with van der Waals surface area (Å²) in [5, 5.41) is 2.68. The van der Waals surface area contributed by atoms with E-state index in [1.807, 2.05) is 7.05 Å². The molecule has 0 radical (unpaired) electrons. The van der Waals surface area contributed by atoms with Crippen LogP contribution in [0.1, 0.15) is 6.42 Å². The van der Waals surface area contributed by atoms with Crippen molar-refractivity contribution >= 4 is 11.6 Å². The molecule has 0 spiro atoms. The minimum atomic E-state index is -0.0969. The molecule has 0 saturated carbocycles. The van der Waals surface area contributed by atoms with Gasteiger partial charge in [-0.3, -0.25) is 9.79 Å². The highest BCUT2D eigenvalue weighted by Crippen LogP contribution is 2.13. The lowest BCUT2D eigenvalue weighted by Gasteiger charge is -2.30. The highest BCUT2D eigenvalue weighted by Gasteiger charge is 2.28. The van der Waals surface area contributed by atoms with Gasteiger partial charge in [0.2, 0.25) is 5.91 Å². The van der Waals surface area contributed by atoms with Crippen LogP contribution < -0.4 is 11.1 Å². The van der Waals surface area contributed by atoms with Crippen LogP contribution >= 0.6 is 0 Å². The van der Waals surface area contributed by atoms with E-state index in [-0.39, 0.29) is 11.8 Å². The van der Waals surface area contributed by atoms with Crippen LogP contribution in [0.3, 0.4) is 0 Å². The number of likely N-dealkylation sites (tertiary alicyclic amines) is 1. The van der Waals surface area contributed by atoms with Gasteiger partial charge in [0.1, 0.15) is 0 Å². The lowest BCUT2D eigenvalue weighted by molar-refractivity contribution is -0.123. The molecule has 1 aliphatic rings. The number of nitrogens with one attached hydrogen (secondary N) is 1. The van der Waals surface area contributed by atoms with Crippen LogP contribution in [0.5, 0.6) is 0 Å². The van der Waals surface area contributed by atoms with E-state index in [1.165, 1.54) is 0 Å². The maximum absolute atomic E-state index is 11.6. The van der Waals surface area contributed by atoms with Gasteiger partial charge in [0.15, 0.2) is 0 Å². The monoisotopic (exact) mass is 212 g/mol. The Hall–Kier alpha value is -0.940. The van der Waals surface area contributed by atoms with E-state index in [2.05, 4.69) is 15.2 Å². The highest BCUT2D eigenvalue weighted by molar-refractivity contribution is 6.05. The Bertz CT molecular complexity index is 252. The first-order valence-corrected chi connectivity index (χ1v) is 5.32. The molecule has 1 rings (SSSR count). The first-order valence-electron chi connectivity index (χ1n) is 5.32. The minimum Gasteiger partial charge on any atom is -0.359 e. The van der Waals surface area contributed by atoms with Crippen LogP contribution in [-0.2, 0) is 4.79 Å². The molecule has 0 aliphatic carbocycles. The zero-order valence-electron chi connectivity index (χ0n) is 9.49. The Morgan fingerprint density at radius 1 is 1.73 bits per heavy atom. The number of piperidine rings is 1. The minimum absolute atomic E-state index is 0.0531. The van der Waals surface area contributed by atoms with Gasteiger partial charge >= 0.3 is 0 Å². The fraction of sp³-hybridized carbons (Fsp3) is 0.800. The fourth-order valence-corrected chi connectivity index (χ4v) is 1.79. The summed E-state index contributed by atoms with van der Waals surface area (Å²) in [6.45, 7) is 2.88. The van der Waals surface area contributed by atoms with Crippen LogP contribution in [0.4, 0.5) is 0 Å². The predicted molar refractivity (Wildman–Crippen MR) is 61.0 cm³/mol. The van der Waals surface area contributed by atoms with Crippen molar-refractivity contribution in [2.24, 2.45) is 16.6 Å². The average molecular weight is 212 g/mol. The van der Waals surface area contributed by atoms with E-state index in [4.69, 9.17) is 5.73 Å². The van der Waals surface area contributed by atoms with Crippen molar-refractivity contribution < 1.29 is 4.79 Å². The molecule has 1 atom stereocenters. The van der Waals surface area contributed by atoms with Crippen LogP contribution in [0.2, 0.25) is 0 Å². The largest absolute Gasteiger partial charge is 0.359 e. The van der Waals surface area contributed by atoms with Gasteiger partial charge in [0.25, 0.3) is 0 Å². The summed E-state index contributed by atoms with van der Waals surface area (Å²) in [6, 6.07) is 0. The molecule has 0 aromatic carbocycles. The molecule has 0 aromatic heterocycles. The van der Waals surface area contributed by atoms with Crippen LogP contribution in [-0.4, -0.2) is 56.8 Å². The van der Waals surface area contributed by atoms with E-state index in [0.717, 1.165) is 25.2 Å². The quantitative estimate of drug-likeness (QED) is 0.636. The average Bonchev–Trinajstić information content (AvgIpc) is 2.26. The van der Waals surface area contributed by atoms with Crippen LogP contribution in [0.25, 0.3) is 0 Å². The molecule has 1 heterocycles. The summed E-state index contributed by atoms with van der Waals surface area (Å²) in [5.74, 6) is -0.0439. The van der Waals surface area contributed by atoms with E-state index in [1.54, 1.807) is 7.05 Å². The van der Waals surface area contributed by atoms with Gasteiger partial charge in [-0.1, -0.05) is 0 Å². The normalized spacial score (nSPS) is 25.5. The molecule has 5 heteroatoms. The van der Waals surface area contributed by atoms with Crippen LogP contribution in [0.15, 0.2) is 4.99 Å². The predicted octanol–water partition coefficient (Wildman–Crippen LogP) is -0.916. The molecule has 5 nitrogen and oxygen atoms in total. The molecular formula is C10H20N4O. The third kappa shape index (κ3) is 3.28. The number of rotatable bonds is 3. The van der Waals surface area contributed by atoms with Gasteiger partial charge in [0.05, 0.1) is 12.5 Å². The maximum atomic E-state index is 11.6. The fourth-order valence-electron chi connectivity index (χ4n) is 1.79. The topological polar surface area (TPSA) is 70.7 Å². The second kappa shape index (κ2) is 5.82. The first-order chi connectivity index (χ1) is 7.19. The van der Waals surface area contributed by atoms with E-state index in [0.29, 0.717) is 13.1 Å². The second-order valence-electron chi connectivity index (χ2n) is 3.84. The van der Waals surface area contributed by atoms with Gasteiger partial charge in [-0.15, -0.1) is 0 Å². The zero-order valence-corrected chi connectivity index (χ0v) is 9.49. The van der Waals surface area contributed by atoms with Crippen molar-refractivity contribution in [2.75, 3.05) is 40.3 Å². The Labute approximate surface area is 90.7 Å². The summed E-state index contributed by atoms with van der Waals surface area (Å²) in [6.07, 6.45) is 0.870. The van der Waals surface area contributed by atoms with Crippen molar-refractivity contribution in [3.8, 4) is 0 Å². The van der Waals surface area contributed by atoms with E-state index < -0.39 is 0 Å². The Kier molecular flexibility index (Phi) is 4.71. The van der Waals surface area contributed by atoms with Crippen molar-refractivity contribution in [1.82, 2.24) is 10.2 Å². The van der Waals surface area contributed by atoms with Gasteiger partial charge in [-0.2, -0.15) is 0 Å².